The van der Waals surface area contributed by atoms with Crippen LogP contribution in [0, 0.1) is 0 Å². The molecule has 1 aromatic heterocycles. The summed E-state index contributed by atoms with van der Waals surface area (Å²) in [5.74, 6) is 0.987. The SMILES string of the molecule is CCc1ncc(/C=C/C(C)=O)[nH]1. The summed E-state index contributed by atoms with van der Waals surface area (Å²) < 4.78 is 0. The van der Waals surface area contributed by atoms with Crippen LogP contribution in [-0.2, 0) is 11.2 Å². The number of aromatic nitrogens is 2. The Balaban J connectivity index is 2.70. The Morgan fingerprint density at radius 3 is 3.00 bits per heavy atom. The fourth-order valence-corrected chi connectivity index (χ4v) is 0.850. The minimum absolute atomic E-state index is 0.0441. The van der Waals surface area contributed by atoms with Gasteiger partial charge in [0, 0.05) is 6.42 Å². The molecule has 3 heteroatoms. The Kier molecular flexibility index (Phi) is 2.80. The fraction of sp³-hybridized carbons (Fsp3) is 0.333. The molecule has 1 aromatic rings. The molecule has 1 heterocycles. The molecule has 1 rings (SSSR count). The molecule has 0 radical (unpaired) electrons. The predicted octanol–water partition coefficient (Wildman–Crippen LogP) is 1.57. The van der Waals surface area contributed by atoms with Gasteiger partial charge in [0.15, 0.2) is 5.78 Å². The van der Waals surface area contributed by atoms with Crippen LogP contribution in [-0.4, -0.2) is 15.8 Å². The van der Waals surface area contributed by atoms with Gasteiger partial charge in [0.25, 0.3) is 0 Å². The zero-order valence-corrected chi connectivity index (χ0v) is 7.29. The molecule has 1 N–H and O–H groups in total. The molecule has 0 atom stereocenters. The molecule has 0 aromatic carbocycles. The van der Waals surface area contributed by atoms with Gasteiger partial charge in [-0.05, 0) is 19.1 Å². The maximum absolute atomic E-state index is 10.6. The van der Waals surface area contributed by atoms with E-state index < -0.39 is 0 Å². The van der Waals surface area contributed by atoms with Crippen LogP contribution in [0.1, 0.15) is 25.4 Å². The molecule has 0 aliphatic rings. The molecule has 64 valence electrons. The molecule has 0 spiro atoms. The summed E-state index contributed by atoms with van der Waals surface area (Å²) in [7, 11) is 0. The van der Waals surface area contributed by atoms with Crippen LogP contribution in [0.3, 0.4) is 0 Å². The second-order valence-corrected chi connectivity index (χ2v) is 2.58. The topological polar surface area (TPSA) is 45.8 Å². The maximum atomic E-state index is 10.6. The average molecular weight is 164 g/mol. The summed E-state index contributed by atoms with van der Waals surface area (Å²) in [5.41, 5.74) is 0.877. The quantitative estimate of drug-likeness (QED) is 0.689. The number of aryl methyl sites for hydroxylation is 1. The number of imidazole rings is 1. The van der Waals surface area contributed by atoms with Gasteiger partial charge in [-0.3, -0.25) is 4.79 Å². The highest BCUT2D eigenvalue weighted by Gasteiger charge is 1.93. The van der Waals surface area contributed by atoms with Crippen molar-refractivity contribution in [2.45, 2.75) is 20.3 Å². The Morgan fingerprint density at radius 2 is 2.50 bits per heavy atom. The van der Waals surface area contributed by atoms with Crippen molar-refractivity contribution in [1.82, 2.24) is 9.97 Å². The number of carbonyl (C=O) groups excluding carboxylic acids is 1. The van der Waals surface area contributed by atoms with Crippen molar-refractivity contribution in [2.75, 3.05) is 0 Å². The van der Waals surface area contributed by atoms with E-state index in [1.165, 1.54) is 13.0 Å². The van der Waals surface area contributed by atoms with Crippen LogP contribution in [0.4, 0.5) is 0 Å². The first-order valence-corrected chi connectivity index (χ1v) is 3.95. The van der Waals surface area contributed by atoms with Gasteiger partial charge in [-0.1, -0.05) is 6.92 Å². The molecule has 0 amide bonds. The average Bonchev–Trinajstić information content (AvgIpc) is 2.48. The van der Waals surface area contributed by atoms with E-state index in [9.17, 15) is 4.79 Å². The van der Waals surface area contributed by atoms with Gasteiger partial charge in [-0.2, -0.15) is 0 Å². The van der Waals surface area contributed by atoms with Crippen LogP contribution in [0.15, 0.2) is 12.3 Å². The number of hydrogen-bond acceptors (Lipinski definition) is 2. The summed E-state index contributed by atoms with van der Waals surface area (Å²) in [6, 6.07) is 0. The first kappa shape index (κ1) is 8.71. The summed E-state index contributed by atoms with van der Waals surface area (Å²) in [5, 5.41) is 0. The van der Waals surface area contributed by atoms with E-state index in [0.29, 0.717) is 0 Å². The molecular formula is C9H12N2O. The van der Waals surface area contributed by atoms with Crippen molar-refractivity contribution >= 4 is 11.9 Å². The Morgan fingerprint density at radius 1 is 1.75 bits per heavy atom. The van der Waals surface area contributed by atoms with E-state index in [-0.39, 0.29) is 5.78 Å². The van der Waals surface area contributed by atoms with E-state index in [1.807, 2.05) is 6.92 Å². The summed E-state index contributed by atoms with van der Waals surface area (Å²) in [4.78, 5) is 17.7. The second kappa shape index (κ2) is 3.85. The number of allylic oxidation sites excluding steroid dienone is 1. The summed E-state index contributed by atoms with van der Waals surface area (Å²) in [6.07, 6.45) is 5.85. The van der Waals surface area contributed by atoms with E-state index in [2.05, 4.69) is 9.97 Å². The first-order chi connectivity index (χ1) is 5.72. The number of aromatic amines is 1. The van der Waals surface area contributed by atoms with Crippen LogP contribution in [0.2, 0.25) is 0 Å². The fourth-order valence-electron chi connectivity index (χ4n) is 0.850. The van der Waals surface area contributed by atoms with Gasteiger partial charge in [0.2, 0.25) is 0 Å². The molecule has 0 aliphatic carbocycles. The van der Waals surface area contributed by atoms with Crippen molar-refractivity contribution in [3.63, 3.8) is 0 Å². The molecule has 12 heavy (non-hydrogen) atoms. The number of ketones is 1. The monoisotopic (exact) mass is 164 g/mol. The molecule has 0 saturated carbocycles. The van der Waals surface area contributed by atoms with Crippen LogP contribution in [0.25, 0.3) is 6.08 Å². The normalized spacial score (nSPS) is 10.8. The van der Waals surface area contributed by atoms with Crippen molar-refractivity contribution in [3.8, 4) is 0 Å². The Hall–Kier alpha value is -1.38. The molecule has 0 aliphatic heterocycles. The molecular weight excluding hydrogens is 152 g/mol. The number of hydrogen-bond donors (Lipinski definition) is 1. The lowest BCUT2D eigenvalue weighted by Crippen LogP contribution is -1.82. The lowest BCUT2D eigenvalue weighted by atomic mass is 10.3. The Labute approximate surface area is 71.5 Å². The minimum atomic E-state index is 0.0441. The lowest BCUT2D eigenvalue weighted by molar-refractivity contribution is -0.112. The van der Waals surface area contributed by atoms with Gasteiger partial charge in [-0.15, -0.1) is 0 Å². The highest BCUT2D eigenvalue weighted by atomic mass is 16.1. The predicted molar refractivity (Wildman–Crippen MR) is 47.7 cm³/mol. The van der Waals surface area contributed by atoms with Crippen molar-refractivity contribution in [2.24, 2.45) is 0 Å². The van der Waals surface area contributed by atoms with Gasteiger partial charge >= 0.3 is 0 Å². The zero-order valence-electron chi connectivity index (χ0n) is 7.29. The van der Waals surface area contributed by atoms with Crippen LogP contribution in [0.5, 0.6) is 0 Å². The van der Waals surface area contributed by atoms with Crippen molar-refractivity contribution in [1.29, 1.82) is 0 Å². The van der Waals surface area contributed by atoms with E-state index in [1.54, 1.807) is 12.3 Å². The third-order valence-electron chi connectivity index (χ3n) is 1.48. The molecule has 0 fully saturated rings. The van der Waals surface area contributed by atoms with Crippen molar-refractivity contribution in [3.05, 3.63) is 23.8 Å². The van der Waals surface area contributed by atoms with Crippen molar-refractivity contribution < 1.29 is 4.79 Å². The summed E-state index contributed by atoms with van der Waals surface area (Å²) in [6.45, 7) is 3.55. The number of carbonyl (C=O) groups is 1. The van der Waals surface area contributed by atoms with Crippen LogP contribution < -0.4 is 0 Å². The smallest absolute Gasteiger partial charge is 0.152 e. The third-order valence-corrected chi connectivity index (χ3v) is 1.48. The molecule has 0 saturated heterocycles. The number of nitrogens with one attached hydrogen (secondary N) is 1. The second-order valence-electron chi connectivity index (χ2n) is 2.58. The van der Waals surface area contributed by atoms with Gasteiger partial charge < -0.3 is 4.98 Å². The highest BCUT2D eigenvalue weighted by molar-refractivity contribution is 5.91. The molecule has 0 unspecified atom stereocenters. The number of nitrogens with zero attached hydrogens (tertiary/aromatic N) is 1. The Bertz CT molecular complexity index is 299. The highest BCUT2D eigenvalue weighted by Crippen LogP contribution is 1.99. The van der Waals surface area contributed by atoms with E-state index >= 15 is 0 Å². The number of rotatable bonds is 3. The van der Waals surface area contributed by atoms with Crippen LogP contribution >= 0.6 is 0 Å². The van der Waals surface area contributed by atoms with E-state index in [4.69, 9.17) is 0 Å². The minimum Gasteiger partial charge on any atom is -0.343 e. The maximum Gasteiger partial charge on any atom is 0.152 e. The first-order valence-electron chi connectivity index (χ1n) is 3.95. The summed E-state index contributed by atoms with van der Waals surface area (Å²) >= 11 is 0. The zero-order chi connectivity index (χ0) is 8.97. The molecule has 0 bridgehead atoms. The number of H-pyrrole nitrogens is 1. The standard InChI is InChI=1S/C9H12N2O/c1-3-9-10-6-8(11-9)5-4-7(2)12/h4-6H,3H2,1-2H3,(H,10,11)/b5-4+. The molecule has 3 nitrogen and oxygen atoms in total. The van der Waals surface area contributed by atoms with Gasteiger partial charge in [0.1, 0.15) is 5.82 Å². The van der Waals surface area contributed by atoms with E-state index in [0.717, 1.165) is 17.9 Å². The lowest BCUT2D eigenvalue weighted by Gasteiger charge is -1.84. The largest absolute Gasteiger partial charge is 0.343 e. The van der Waals surface area contributed by atoms with Gasteiger partial charge in [0.05, 0.1) is 11.9 Å². The third kappa shape index (κ3) is 2.34. The van der Waals surface area contributed by atoms with Gasteiger partial charge in [-0.25, -0.2) is 4.98 Å².